The Balaban J connectivity index is 2.44. The molecule has 2 rings (SSSR count). The lowest BCUT2D eigenvalue weighted by Gasteiger charge is -2.11. The monoisotopic (exact) mass is 296 g/mol. The maximum Gasteiger partial charge on any atom is 0.173 e. The van der Waals surface area contributed by atoms with Crippen LogP contribution < -0.4 is 10.5 Å². The highest BCUT2D eigenvalue weighted by molar-refractivity contribution is 6.32. The molecule has 4 nitrogen and oxygen atoms in total. The van der Waals surface area contributed by atoms with Gasteiger partial charge in [-0.3, -0.25) is 0 Å². The summed E-state index contributed by atoms with van der Waals surface area (Å²) in [4.78, 5) is 0. The summed E-state index contributed by atoms with van der Waals surface area (Å²) in [6, 6.07) is 11.8. The van der Waals surface area contributed by atoms with Crippen LogP contribution in [0.3, 0.4) is 0 Å². The van der Waals surface area contributed by atoms with Gasteiger partial charge in [-0.1, -0.05) is 40.5 Å². The van der Waals surface area contributed by atoms with Crippen LogP contribution in [0, 0.1) is 0 Å². The van der Waals surface area contributed by atoms with Gasteiger partial charge in [0.15, 0.2) is 5.84 Å². The predicted molar refractivity (Wildman–Crippen MR) is 75.5 cm³/mol. The minimum Gasteiger partial charge on any atom is -0.455 e. The molecule has 0 spiro atoms. The summed E-state index contributed by atoms with van der Waals surface area (Å²) in [6.45, 7) is 0. The van der Waals surface area contributed by atoms with Gasteiger partial charge in [0.25, 0.3) is 0 Å². The molecule has 0 saturated carbocycles. The summed E-state index contributed by atoms with van der Waals surface area (Å²) >= 11 is 11.9. The molecule has 0 heterocycles. The zero-order chi connectivity index (χ0) is 13.8. The lowest BCUT2D eigenvalue weighted by Crippen LogP contribution is -2.14. The quantitative estimate of drug-likeness (QED) is 0.391. The van der Waals surface area contributed by atoms with Crippen LogP contribution in [0.15, 0.2) is 47.6 Å². The average molecular weight is 297 g/mol. The van der Waals surface area contributed by atoms with Gasteiger partial charge in [0.1, 0.15) is 11.5 Å². The Hall–Kier alpha value is -1.91. The first-order valence-corrected chi connectivity index (χ1v) is 6.07. The van der Waals surface area contributed by atoms with Crippen molar-refractivity contribution < 1.29 is 9.94 Å². The highest BCUT2D eigenvalue weighted by atomic mass is 35.5. The molecule has 0 aliphatic carbocycles. The van der Waals surface area contributed by atoms with Crippen LogP contribution in [0.4, 0.5) is 0 Å². The zero-order valence-electron chi connectivity index (χ0n) is 9.68. The van der Waals surface area contributed by atoms with Crippen LogP contribution >= 0.6 is 23.2 Å². The smallest absolute Gasteiger partial charge is 0.173 e. The van der Waals surface area contributed by atoms with E-state index in [-0.39, 0.29) is 5.84 Å². The van der Waals surface area contributed by atoms with Crippen LogP contribution in [0.1, 0.15) is 5.56 Å². The normalized spacial score (nSPS) is 11.4. The lowest BCUT2D eigenvalue weighted by molar-refractivity contribution is 0.318. The predicted octanol–water partition coefficient (Wildman–Crippen LogP) is 3.88. The molecule has 0 atom stereocenters. The summed E-state index contributed by atoms with van der Waals surface area (Å²) in [7, 11) is 0. The van der Waals surface area contributed by atoms with Gasteiger partial charge >= 0.3 is 0 Å². The van der Waals surface area contributed by atoms with Crippen molar-refractivity contribution in [2.75, 3.05) is 0 Å². The van der Waals surface area contributed by atoms with Crippen molar-refractivity contribution in [3.05, 3.63) is 58.1 Å². The van der Waals surface area contributed by atoms with Crippen molar-refractivity contribution in [2.24, 2.45) is 10.9 Å². The fourth-order valence-electron chi connectivity index (χ4n) is 1.49. The van der Waals surface area contributed by atoms with Crippen molar-refractivity contribution in [3.63, 3.8) is 0 Å². The highest BCUT2D eigenvalue weighted by Crippen LogP contribution is 2.32. The summed E-state index contributed by atoms with van der Waals surface area (Å²) in [6.07, 6.45) is 0. The first-order chi connectivity index (χ1) is 9.11. The lowest BCUT2D eigenvalue weighted by atomic mass is 10.2. The van der Waals surface area contributed by atoms with Crippen LogP contribution in [0.25, 0.3) is 0 Å². The van der Waals surface area contributed by atoms with Gasteiger partial charge in [0.2, 0.25) is 0 Å². The molecule has 0 bridgehead atoms. The maximum atomic E-state index is 8.75. The maximum absolute atomic E-state index is 8.75. The molecule has 0 unspecified atom stereocenters. The molecule has 0 aromatic heterocycles. The number of nitrogens with zero attached hydrogens (tertiary/aromatic N) is 1. The Morgan fingerprint density at radius 3 is 2.53 bits per heavy atom. The third kappa shape index (κ3) is 3.10. The fraction of sp³-hybridized carbons (Fsp3) is 0. The molecule has 98 valence electrons. The molecule has 0 saturated heterocycles. The molecule has 0 aliphatic heterocycles. The first-order valence-electron chi connectivity index (χ1n) is 5.31. The number of hydrogen-bond donors (Lipinski definition) is 2. The van der Waals surface area contributed by atoms with Crippen LogP contribution in [0.2, 0.25) is 10.0 Å². The Morgan fingerprint density at radius 1 is 1.11 bits per heavy atom. The molecule has 3 N–H and O–H groups in total. The minimum atomic E-state index is -0.0706. The third-order valence-corrected chi connectivity index (χ3v) is 2.93. The molecule has 6 heteroatoms. The molecule has 2 aromatic carbocycles. The van der Waals surface area contributed by atoms with E-state index in [2.05, 4.69) is 5.16 Å². The second kappa shape index (κ2) is 5.82. The first kappa shape index (κ1) is 13.5. The van der Waals surface area contributed by atoms with E-state index < -0.39 is 0 Å². The Labute approximate surface area is 120 Å². The fourth-order valence-corrected chi connectivity index (χ4v) is 1.83. The SMILES string of the molecule is N/C(=N/O)c1ccc(Cl)cc1Oc1ccccc1Cl. The van der Waals surface area contributed by atoms with E-state index in [9.17, 15) is 0 Å². The van der Waals surface area contributed by atoms with Crippen molar-refractivity contribution in [3.8, 4) is 11.5 Å². The number of rotatable bonds is 3. The van der Waals surface area contributed by atoms with Crippen molar-refractivity contribution in [1.29, 1.82) is 0 Å². The molecular formula is C13H10Cl2N2O2. The van der Waals surface area contributed by atoms with Gasteiger partial charge in [-0.25, -0.2) is 0 Å². The second-order valence-corrected chi connectivity index (χ2v) is 4.50. The van der Waals surface area contributed by atoms with Gasteiger partial charge in [0, 0.05) is 11.1 Å². The number of oxime groups is 1. The van der Waals surface area contributed by atoms with Crippen LogP contribution in [-0.2, 0) is 0 Å². The van der Waals surface area contributed by atoms with Gasteiger partial charge in [-0.2, -0.15) is 0 Å². The summed E-state index contributed by atoms with van der Waals surface area (Å²) < 4.78 is 5.66. The third-order valence-electron chi connectivity index (χ3n) is 2.38. The standard InChI is InChI=1S/C13H10Cl2N2O2/c14-8-5-6-9(13(16)17-18)12(7-8)19-11-4-2-1-3-10(11)15/h1-7,18H,(H2,16,17). The highest BCUT2D eigenvalue weighted by Gasteiger charge is 2.11. The molecule has 0 aliphatic rings. The number of hydrogen-bond acceptors (Lipinski definition) is 3. The van der Waals surface area contributed by atoms with Crippen LogP contribution in [-0.4, -0.2) is 11.0 Å². The topological polar surface area (TPSA) is 67.8 Å². The van der Waals surface area contributed by atoms with E-state index in [1.54, 1.807) is 42.5 Å². The number of nitrogens with two attached hydrogens (primary N) is 1. The van der Waals surface area contributed by atoms with E-state index in [1.165, 1.54) is 0 Å². The number of amidine groups is 1. The number of ether oxygens (including phenoxy) is 1. The molecule has 0 amide bonds. The Kier molecular flexibility index (Phi) is 4.14. The van der Waals surface area contributed by atoms with Crippen molar-refractivity contribution in [1.82, 2.24) is 0 Å². The van der Waals surface area contributed by atoms with E-state index in [1.807, 2.05) is 0 Å². The Bertz CT molecular complexity index is 630. The number of benzene rings is 2. The van der Waals surface area contributed by atoms with Gasteiger partial charge in [-0.05, 0) is 24.3 Å². The molecule has 2 aromatic rings. The van der Waals surface area contributed by atoms with Crippen LogP contribution in [0.5, 0.6) is 11.5 Å². The van der Waals surface area contributed by atoms with E-state index in [0.29, 0.717) is 27.1 Å². The number of halogens is 2. The van der Waals surface area contributed by atoms with Gasteiger partial charge in [0.05, 0.1) is 10.6 Å². The Morgan fingerprint density at radius 2 is 1.84 bits per heavy atom. The largest absolute Gasteiger partial charge is 0.455 e. The molecular weight excluding hydrogens is 287 g/mol. The molecule has 19 heavy (non-hydrogen) atoms. The average Bonchev–Trinajstić information content (AvgIpc) is 2.41. The number of para-hydroxylation sites is 1. The molecule has 0 fully saturated rings. The van der Waals surface area contributed by atoms with Crippen molar-refractivity contribution in [2.45, 2.75) is 0 Å². The van der Waals surface area contributed by atoms with Crippen molar-refractivity contribution >= 4 is 29.0 Å². The summed E-state index contributed by atoms with van der Waals surface area (Å²) in [5.74, 6) is 0.744. The molecule has 0 radical (unpaired) electrons. The summed E-state index contributed by atoms with van der Waals surface area (Å²) in [5, 5.41) is 12.6. The second-order valence-electron chi connectivity index (χ2n) is 3.66. The van der Waals surface area contributed by atoms with E-state index in [0.717, 1.165) is 0 Å². The summed E-state index contributed by atoms with van der Waals surface area (Å²) in [5.41, 5.74) is 6.00. The van der Waals surface area contributed by atoms with Gasteiger partial charge < -0.3 is 15.7 Å². The van der Waals surface area contributed by atoms with Gasteiger partial charge in [-0.15, -0.1) is 0 Å². The zero-order valence-corrected chi connectivity index (χ0v) is 11.2. The van der Waals surface area contributed by atoms with E-state index in [4.69, 9.17) is 38.9 Å². The minimum absolute atomic E-state index is 0.0706. The van der Waals surface area contributed by atoms with E-state index >= 15 is 0 Å².